The Morgan fingerprint density at radius 1 is 0.935 bits per heavy atom. The third-order valence-electron chi connectivity index (χ3n) is 6.00. The van der Waals surface area contributed by atoms with E-state index in [2.05, 4.69) is 14.9 Å². The van der Waals surface area contributed by atoms with Crippen LogP contribution in [0.1, 0.15) is 41.3 Å². The predicted octanol–water partition coefficient (Wildman–Crippen LogP) is 1.57. The molecule has 0 atom stereocenters. The van der Waals surface area contributed by atoms with Crippen molar-refractivity contribution in [1.82, 2.24) is 23.7 Å². The second-order valence-corrected chi connectivity index (χ2v) is 10.3. The van der Waals surface area contributed by atoms with Crippen molar-refractivity contribution in [3.63, 3.8) is 0 Å². The van der Waals surface area contributed by atoms with E-state index in [9.17, 15) is 13.2 Å². The lowest BCUT2D eigenvalue weighted by Crippen LogP contribution is -2.49. The van der Waals surface area contributed by atoms with Crippen LogP contribution in [0.25, 0.3) is 0 Å². The number of carbonyl (C=O) groups is 1. The molecular formula is C21H30N6O3S. The van der Waals surface area contributed by atoms with Crippen molar-refractivity contribution in [2.45, 2.75) is 38.0 Å². The Balaban J connectivity index is 1.46. The van der Waals surface area contributed by atoms with Gasteiger partial charge in [0.1, 0.15) is 22.2 Å². The van der Waals surface area contributed by atoms with Crippen molar-refractivity contribution < 1.29 is 13.2 Å². The smallest absolute Gasteiger partial charge is 0.270 e. The predicted molar refractivity (Wildman–Crippen MR) is 118 cm³/mol. The lowest BCUT2D eigenvalue weighted by atomic mass is 10.2. The molecule has 2 fully saturated rings. The quantitative estimate of drug-likeness (QED) is 0.708. The second-order valence-electron chi connectivity index (χ2n) is 8.33. The molecule has 4 rings (SSSR count). The normalized spacial score (nSPS) is 18.4. The number of amides is 1. The first kappa shape index (κ1) is 21.8. The topological polar surface area (TPSA) is 91.6 Å². The van der Waals surface area contributed by atoms with Gasteiger partial charge in [-0.3, -0.25) is 4.79 Å². The third-order valence-corrected chi connectivity index (χ3v) is 7.86. The molecule has 4 heterocycles. The molecule has 2 aliphatic rings. The van der Waals surface area contributed by atoms with E-state index in [0.29, 0.717) is 45.0 Å². The third kappa shape index (κ3) is 4.45. The number of piperazine rings is 1. The zero-order valence-corrected chi connectivity index (χ0v) is 19.2. The molecular weight excluding hydrogens is 416 g/mol. The maximum atomic E-state index is 13.1. The van der Waals surface area contributed by atoms with Crippen molar-refractivity contribution in [3.8, 4) is 0 Å². The van der Waals surface area contributed by atoms with Crippen LogP contribution < -0.4 is 4.90 Å². The maximum Gasteiger partial charge on any atom is 0.270 e. The summed E-state index contributed by atoms with van der Waals surface area (Å²) in [6, 6.07) is 3.48. The minimum atomic E-state index is -3.56. The minimum absolute atomic E-state index is 0.141. The van der Waals surface area contributed by atoms with Crippen LogP contribution in [0.4, 0.5) is 5.82 Å². The average molecular weight is 447 g/mol. The summed E-state index contributed by atoms with van der Waals surface area (Å²) in [6.07, 6.45) is 4.38. The summed E-state index contributed by atoms with van der Waals surface area (Å²) in [5.74, 6) is 1.47. The number of hydrogen-bond acceptors (Lipinski definition) is 6. The van der Waals surface area contributed by atoms with Gasteiger partial charge in [-0.1, -0.05) is 6.42 Å². The number of aryl methyl sites for hydroxylation is 3. The number of nitrogens with zero attached hydrogens (tertiary/aromatic N) is 6. The Hall–Kier alpha value is -2.46. The van der Waals surface area contributed by atoms with E-state index in [1.165, 1.54) is 10.4 Å². The minimum Gasteiger partial charge on any atom is -0.353 e. The van der Waals surface area contributed by atoms with E-state index in [1.54, 1.807) is 22.7 Å². The summed E-state index contributed by atoms with van der Waals surface area (Å²) in [5, 5.41) is 0. The van der Waals surface area contributed by atoms with E-state index in [4.69, 9.17) is 0 Å². The number of rotatable bonds is 4. The highest BCUT2D eigenvalue weighted by molar-refractivity contribution is 7.89. The first-order chi connectivity index (χ1) is 14.8. The molecule has 2 aromatic rings. The van der Waals surface area contributed by atoms with Gasteiger partial charge in [-0.25, -0.2) is 18.4 Å². The Labute approximate surface area is 183 Å². The van der Waals surface area contributed by atoms with Crippen molar-refractivity contribution in [2.75, 3.05) is 44.2 Å². The standard InChI is InChI=1S/C21H30N6O3S/c1-16-13-20(23-17(2)22-16)25-9-11-26(12-10-25)21(28)19-14-18(15-24(19)3)31(29,30)27-7-5-4-6-8-27/h13-15H,4-12H2,1-3H3. The van der Waals surface area contributed by atoms with Crippen LogP contribution >= 0.6 is 0 Å². The fourth-order valence-corrected chi connectivity index (χ4v) is 5.89. The summed E-state index contributed by atoms with van der Waals surface area (Å²) in [5.41, 5.74) is 1.32. The number of carbonyl (C=O) groups excluding carboxylic acids is 1. The zero-order valence-electron chi connectivity index (χ0n) is 18.4. The summed E-state index contributed by atoms with van der Waals surface area (Å²) < 4.78 is 29.1. The molecule has 10 heteroatoms. The molecule has 0 aromatic carbocycles. The fraction of sp³-hybridized carbons (Fsp3) is 0.571. The summed E-state index contributed by atoms with van der Waals surface area (Å²) in [4.78, 5) is 26.1. The molecule has 2 aromatic heterocycles. The molecule has 168 valence electrons. The van der Waals surface area contributed by atoms with Crippen molar-refractivity contribution in [3.05, 3.63) is 35.5 Å². The van der Waals surface area contributed by atoms with Gasteiger partial charge in [-0.15, -0.1) is 0 Å². The van der Waals surface area contributed by atoms with E-state index in [1.807, 2.05) is 19.9 Å². The SMILES string of the molecule is Cc1cc(N2CCN(C(=O)c3cc(S(=O)(=O)N4CCCCC4)cn3C)CC2)nc(C)n1. The van der Waals surface area contributed by atoms with Crippen molar-refractivity contribution in [1.29, 1.82) is 0 Å². The van der Waals surface area contributed by atoms with Crippen LogP contribution in [0.5, 0.6) is 0 Å². The molecule has 1 amide bonds. The Morgan fingerprint density at radius 2 is 1.61 bits per heavy atom. The molecule has 2 aliphatic heterocycles. The Morgan fingerprint density at radius 3 is 2.26 bits per heavy atom. The molecule has 0 unspecified atom stereocenters. The van der Waals surface area contributed by atoms with Gasteiger partial charge >= 0.3 is 0 Å². The largest absolute Gasteiger partial charge is 0.353 e. The van der Waals surface area contributed by atoms with Gasteiger partial charge in [0.15, 0.2) is 0 Å². The number of aromatic nitrogens is 3. The monoisotopic (exact) mass is 446 g/mol. The Kier molecular flexibility index (Phi) is 6.02. The van der Waals surface area contributed by atoms with Crippen LogP contribution in [0, 0.1) is 13.8 Å². The summed E-state index contributed by atoms with van der Waals surface area (Å²) in [7, 11) is -1.83. The van der Waals surface area contributed by atoms with Crippen LogP contribution in [-0.2, 0) is 17.1 Å². The van der Waals surface area contributed by atoms with Crippen molar-refractivity contribution in [2.24, 2.45) is 7.05 Å². The molecule has 0 aliphatic carbocycles. The van der Waals surface area contributed by atoms with Crippen molar-refractivity contribution >= 4 is 21.7 Å². The molecule has 0 spiro atoms. The van der Waals surface area contributed by atoms with E-state index in [0.717, 1.165) is 36.6 Å². The molecule has 31 heavy (non-hydrogen) atoms. The van der Waals surface area contributed by atoms with Gasteiger partial charge in [-0.2, -0.15) is 4.31 Å². The Bertz CT molecular complexity index is 1050. The first-order valence-corrected chi connectivity index (χ1v) is 12.2. The number of sulfonamides is 1. The highest BCUT2D eigenvalue weighted by Gasteiger charge is 2.30. The molecule has 0 saturated carbocycles. The van der Waals surface area contributed by atoms with E-state index in [-0.39, 0.29) is 10.8 Å². The van der Waals surface area contributed by atoms with Crippen LogP contribution in [0.15, 0.2) is 23.2 Å². The summed E-state index contributed by atoms with van der Waals surface area (Å²) in [6.45, 7) is 7.37. The molecule has 2 saturated heterocycles. The molecule has 0 radical (unpaired) electrons. The average Bonchev–Trinajstić information content (AvgIpc) is 3.16. The second kappa shape index (κ2) is 8.58. The maximum absolute atomic E-state index is 13.1. The van der Waals surface area contributed by atoms with Crippen LogP contribution in [-0.4, -0.2) is 77.3 Å². The number of hydrogen-bond donors (Lipinski definition) is 0. The molecule has 0 bridgehead atoms. The van der Waals surface area contributed by atoms with Gasteiger partial charge < -0.3 is 14.4 Å². The van der Waals surface area contributed by atoms with Gasteiger partial charge in [-0.05, 0) is 32.8 Å². The number of piperidine rings is 1. The molecule has 0 N–H and O–H groups in total. The lowest BCUT2D eigenvalue weighted by molar-refractivity contribution is 0.0737. The van der Waals surface area contributed by atoms with E-state index < -0.39 is 10.0 Å². The lowest BCUT2D eigenvalue weighted by Gasteiger charge is -2.35. The fourth-order valence-electron chi connectivity index (χ4n) is 4.30. The van der Waals surface area contributed by atoms with Gasteiger partial charge in [0.25, 0.3) is 5.91 Å². The zero-order chi connectivity index (χ0) is 22.2. The molecule has 9 nitrogen and oxygen atoms in total. The highest BCUT2D eigenvalue weighted by Crippen LogP contribution is 2.23. The van der Waals surface area contributed by atoms with Gasteiger partial charge in [0, 0.05) is 64.3 Å². The van der Waals surface area contributed by atoms with E-state index >= 15 is 0 Å². The number of anilines is 1. The summed E-state index contributed by atoms with van der Waals surface area (Å²) >= 11 is 0. The van der Waals surface area contributed by atoms with Gasteiger partial charge in [0.2, 0.25) is 10.0 Å². The van der Waals surface area contributed by atoms with Gasteiger partial charge in [0.05, 0.1) is 0 Å². The van der Waals surface area contributed by atoms with Crippen LogP contribution in [0.3, 0.4) is 0 Å². The van der Waals surface area contributed by atoms with Crippen LogP contribution in [0.2, 0.25) is 0 Å². The first-order valence-electron chi connectivity index (χ1n) is 10.8. The highest BCUT2D eigenvalue weighted by atomic mass is 32.2.